The zero-order valence-corrected chi connectivity index (χ0v) is 17.2. The molecular formula is C20H19ClF4N2O4. The lowest BCUT2D eigenvalue weighted by Crippen LogP contribution is -2.69. The van der Waals surface area contributed by atoms with Gasteiger partial charge in [-0.3, -0.25) is 4.79 Å². The van der Waals surface area contributed by atoms with Crippen molar-refractivity contribution >= 4 is 29.2 Å². The van der Waals surface area contributed by atoms with Crippen LogP contribution < -0.4 is 15.4 Å². The highest BCUT2D eigenvalue weighted by Gasteiger charge is 2.63. The van der Waals surface area contributed by atoms with E-state index in [4.69, 9.17) is 16.3 Å². The van der Waals surface area contributed by atoms with Gasteiger partial charge in [-0.15, -0.1) is 0 Å². The van der Waals surface area contributed by atoms with E-state index in [2.05, 4.69) is 4.74 Å². The zero-order valence-electron chi connectivity index (χ0n) is 16.5. The van der Waals surface area contributed by atoms with Crippen molar-refractivity contribution in [3.05, 3.63) is 58.9 Å². The van der Waals surface area contributed by atoms with Gasteiger partial charge in [0, 0.05) is 5.69 Å². The van der Waals surface area contributed by atoms with Crippen molar-refractivity contribution < 1.29 is 36.6 Å². The Balaban J connectivity index is 2.56. The third-order valence-corrected chi connectivity index (χ3v) is 4.28. The lowest BCUT2D eigenvalue weighted by Gasteiger charge is -2.35. The topological polar surface area (TPSA) is 76.7 Å². The summed E-state index contributed by atoms with van der Waals surface area (Å²) < 4.78 is 66.0. The van der Waals surface area contributed by atoms with E-state index >= 15 is 0 Å². The number of esters is 1. The molecule has 11 heteroatoms. The van der Waals surface area contributed by atoms with Crippen LogP contribution in [0.25, 0.3) is 0 Å². The SMILES string of the molecule is CCOC(=O)[C@](NC(=O)c1ccccc1OCC)(Nc1ccc(F)c(Cl)c1)C(F)(F)F. The molecule has 168 valence electrons. The minimum absolute atomic E-state index is 0.0206. The average Bonchev–Trinajstić information content (AvgIpc) is 2.70. The number of rotatable bonds is 8. The summed E-state index contributed by atoms with van der Waals surface area (Å²) >= 11 is 5.64. The van der Waals surface area contributed by atoms with Crippen LogP contribution in [0.4, 0.5) is 23.2 Å². The Labute approximate surface area is 180 Å². The summed E-state index contributed by atoms with van der Waals surface area (Å²) in [6.45, 7) is 2.69. The molecule has 0 heterocycles. The Kier molecular flexibility index (Phi) is 7.72. The Morgan fingerprint density at radius 2 is 1.74 bits per heavy atom. The number of halogens is 5. The maximum Gasteiger partial charge on any atom is 0.441 e. The third-order valence-electron chi connectivity index (χ3n) is 3.99. The van der Waals surface area contributed by atoms with Crippen molar-refractivity contribution in [2.45, 2.75) is 25.7 Å². The van der Waals surface area contributed by atoms with Crippen LogP contribution in [-0.4, -0.2) is 36.9 Å². The smallest absolute Gasteiger partial charge is 0.441 e. The van der Waals surface area contributed by atoms with E-state index in [1.54, 1.807) is 12.2 Å². The molecule has 0 bridgehead atoms. The first kappa shape index (κ1) is 24.3. The average molecular weight is 463 g/mol. The molecule has 2 N–H and O–H groups in total. The number of nitrogens with one attached hydrogen (secondary N) is 2. The fourth-order valence-corrected chi connectivity index (χ4v) is 2.77. The highest BCUT2D eigenvalue weighted by Crippen LogP contribution is 2.35. The van der Waals surface area contributed by atoms with Gasteiger partial charge < -0.3 is 20.1 Å². The van der Waals surface area contributed by atoms with Gasteiger partial charge in [0.05, 0.1) is 23.8 Å². The third kappa shape index (κ3) is 5.38. The van der Waals surface area contributed by atoms with Crippen LogP contribution in [-0.2, 0) is 9.53 Å². The minimum atomic E-state index is -5.36. The molecule has 2 rings (SSSR count). The first-order valence-electron chi connectivity index (χ1n) is 9.07. The molecule has 1 amide bonds. The van der Waals surface area contributed by atoms with Gasteiger partial charge in [0.1, 0.15) is 11.6 Å². The normalized spacial score (nSPS) is 13.1. The molecule has 2 aromatic rings. The second-order valence-corrected chi connectivity index (χ2v) is 6.51. The summed E-state index contributed by atoms with van der Waals surface area (Å²) in [5, 5.41) is 3.11. The standard InChI is InChI=1S/C20H19ClF4N2O4/c1-3-30-16-8-6-5-7-13(16)17(28)27-19(20(23,24)25,18(29)31-4-2)26-12-9-10-15(22)14(21)11-12/h5-11,26H,3-4H2,1-2H3,(H,27,28)/t19-/m1/s1. The molecule has 0 unspecified atom stereocenters. The summed E-state index contributed by atoms with van der Waals surface area (Å²) in [4.78, 5) is 25.3. The molecule has 0 saturated heterocycles. The zero-order chi connectivity index (χ0) is 23.2. The van der Waals surface area contributed by atoms with Gasteiger partial charge in [0.2, 0.25) is 0 Å². The molecule has 2 aromatic carbocycles. The maximum atomic E-state index is 14.2. The lowest BCUT2D eigenvalue weighted by atomic mass is 10.1. The van der Waals surface area contributed by atoms with E-state index in [9.17, 15) is 27.2 Å². The van der Waals surface area contributed by atoms with Gasteiger partial charge in [-0.25, -0.2) is 9.18 Å². The molecule has 0 saturated carbocycles. The van der Waals surface area contributed by atoms with Crippen LogP contribution in [0.1, 0.15) is 24.2 Å². The summed E-state index contributed by atoms with van der Waals surface area (Å²) in [6.07, 6.45) is -5.36. The Hall–Kier alpha value is -3.01. The first-order valence-corrected chi connectivity index (χ1v) is 9.45. The van der Waals surface area contributed by atoms with Crippen LogP contribution in [0.3, 0.4) is 0 Å². The molecule has 0 aliphatic rings. The lowest BCUT2D eigenvalue weighted by molar-refractivity contribution is -0.204. The number of benzene rings is 2. The monoisotopic (exact) mass is 462 g/mol. The van der Waals surface area contributed by atoms with Crippen molar-refractivity contribution in [2.75, 3.05) is 18.5 Å². The summed E-state index contributed by atoms with van der Waals surface area (Å²) in [5.41, 5.74) is -4.31. The van der Waals surface area contributed by atoms with E-state index in [-0.39, 0.29) is 23.6 Å². The number of carbonyl (C=O) groups is 2. The minimum Gasteiger partial charge on any atom is -0.493 e. The number of para-hydroxylation sites is 1. The molecule has 0 radical (unpaired) electrons. The van der Waals surface area contributed by atoms with Crippen molar-refractivity contribution in [3.8, 4) is 5.75 Å². The summed E-state index contributed by atoms with van der Waals surface area (Å²) in [7, 11) is 0. The second kappa shape index (κ2) is 9.86. The van der Waals surface area contributed by atoms with Crippen molar-refractivity contribution in [3.63, 3.8) is 0 Å². The number of hydrogen-bond donors (Lipinski definition) is 2. The van der Waals surface area contributed by atoms with Crippen LogP contribution >= 0.6 is 11.6 Å². The molecule has 1 atom stereocenters. The van der Waals surface area contributed by atoms with Crippen LogP contribution in [0.2, 0.25) is 5.02 Å². The molecule has 0 aromatic heterocycles. The molecule has 0 aliphatic heterocycles. The number of alkyl halides is 3. The number of anilines is 1. The maximum absolute atomic E-state index is 14.2. The molecule has 0 fully saturated rings. The van der Waals surface area contributed by atoms with Crippen molar-refractivity contribution in [1.82, 2.24) is 5.32 Å². The van der Waals surface area contributed by atoms with Gasteiger partial charge in [-0.2, -0.15) is 13.2 Å². The molecule has 0 spiro atoms. The molecule has 31 heavy (non-hydrogen) atoms. The number of amides is 1. The summed E-state index contributed by atoms with van der Waals surface area (Å²) in [6, 6.07) is 8.17. The highest BCUT2D eigenvalue weighted by atomic mass is 35.5. The number of ether oxygens (including phenoxy) is 2. The van der Waals surface area contributed by atoms with E-state index in [0.29, 0.717) is 0 Å². The Morgan fingerprint density at radius 3 is 2.32 bits per heavy atom. The van der Waals surface area contributed by atoms with E-state index in [1.165, 1.54) is 31.2 Å². The van der Waals surface area contributed by atoms with Crippen LogP contribution in [0, 0.1) is 5.82 Å². The van der Waals surface area contributed by atoms with Crippen molar-refractivity contribution in [1.29, 1.82) is 0 Å². The fourth-order valence-electron chi connectivity index (χ4n) is 2.59. The fraction of sp³-hybridized carbons (Fsp3) is 0.300. The Morgan fingerprint density at radius 1 is 1.06 bits per heavy atom. The predicted octanol–water partition coefficient (Wildman–Crippen LogP) is 4.54. The number of carbonyl (C=O) groups excluding carboxylic acids is 2. The second-order valence-electron chi connectivity index (χ2n) is 6.11. The number of hydrogen-bond acceptors (Lipinski definition) is 5. The Bertz CT molecular complexity index is 955. The molecule has 0 aliphatic carbocycles. The van der Waals surface area contributed by atoms with Gasteiger partial charge >= 0.3 is 17.8 Å². The van der Waals surface area contributed by atoms with Crippen molar-refractivity contribution in [2.24, 2.45) is 0 Å². The van der Waals surface area contributed by atoms with Gasteiger partial charge in [0.15, 0.2) is 0 Å². The van der Waals surface area contributed by atoms with E-state index < -0.39 is 41.2 Å². The largest absolute Gasteiger partial charge is 0.493 e. The quantitative estimate of drug-likeness (QED) is 0.342. The van der Waals surface area contributed by atoms with Crippen LogP contribution in [0.15, 0.2) is 42.5 Å². The highest BCUT2D eigenvalue weighted by molar-refractivity contribution is 6.31. The molecule has 6 nitrogen and oxygen atoms in total. The summed E-state index contributed by atoms with van der Waals surface area (Å²) in [5.74, 6) is -3.93. The first-order chi connectivity index (χ1) is 14.6. The predicted molar refractivity (Wildman–Crippen MR) is 106 cm³/mol. The molecular weight excluding hydrogens is 444 g/mol. The van der Waals surface area contributed by atoms with Gasteiger partial charge in [0.25, 0.3) is 5.91 Å². The van der Waals surface area contributed by atoms with Crippen LogP contribution in [0.5, 0.6) is 5.75 Å². The van der Waals surface area contributed by atoms with Gasteiger partial charge in [-0.05, 0) is 44.2 Å². The van der Waals surface area contributed by atoms with Gasteiger partial charge in [-0.1, -0.05) is 23.7 Å². The van der Waals surface area contributed by atoms with E-state index in [0.717, 1.165) is 18.2 Å². The van der Waals surface area contributed by atoms with E-state index in [1.807, 2.05) is 5.32 Å².